The maximum Gasteiger partial charge on any atom is 0.145 e. The number of aliphatic hydroxyl groups excluding tert-OH is 2. The van der Waals surface area contributed by atoms with E-state index in [1.165, 1.54) is 6.33 Å². The SMILES string of the molecule is C=C(/C=N\C(N)=C/C)[C@H]1C[C@@]2(CO1)C[C@@H](n1ccc3c(N)ncnc31)[C@H](O)[C@@H]2O. The first-order valence-electron chi connectivity index (χ1n) is 9.55. The number of hydrogen-bond donors (Lipinski definition) is 4. The van der Waals surface area contributed by atoms with E-state index in [0.29, 0.717) is 42.3 Å². The van der Waals surface area contributed by atoms with Gasteiger partial charge in [0.25, 0.3) is 0 Å². The van der Waals surface area contributed by atoms with Gasteiger partial charge in [0.15, 0.2) is 0 Å². The van der Waals surface area contributed by atoms with Crippen molar-refractivity contribution in [3.05, 3.63) is 42.6 Å². The Bertz CT molecular complexity index is 999. The van der Waals surface area contributed by atoms with E-state index in [2.05, 4.69) is 21.5 Å². The summed E-state index contributed by atoms with van der Waals surface area (Å²) in [5, 5.41) is 22.5. The van der Waals surface area contributed by atoms with Gasteiger partial charge in [0.1, 0.15) is 29.7 Å². The minimum absolute atomic E-state index is 0.289. The first-order chi connectivity index (χ1) is 13.9. The van der Waals surface area contributed by atoms with Crippen LogP contribution in [0, 0.1) is 5.41 Å². The molecule has 0 unspecified atom stereocenters. The van der Waals surface area contributed by atoms with Gasteiger partial charge in [-0.05, 0) is 37.5 Å². The predicted octanol–water partition coefficient (Wildman–Crippen LogP) is 0.902. The molecule has 1 aliphatic carbocycles. The second-order valence-electron chi connectivity index (χ2n) is 7.84. The summed E-state index contributed by atoms with van der Waals surface area (Å²) in [7, 11) is 0. The Kier molecular flexibility index (Phi) is 4.89. The Labute approximate surface area is 168 Å². The first-order valence-corrected chi connectivity index (χ1v) is 9.55. The van der Waals surface area contributed by atoms with E-state index >= 15 is 0 Å². The molecule has 2 aromatic rings. The van der Waals surface area contributed by atoms with Gasteiger partial charge in [-0.3, -0.25) is 0 Å². The fraction of sp³-hybridized carbons (Fsp3) is 0.450. The fourth-order valence-corrected chi connectivity index (χ4v) is 4.41. The minimum Gasteiger partial charge on any atom is -0.390 e. The zero-order valence-corrected chi connectivity index (χ0v) is 16.3. The predicted molar refractivity (Wildman–Crippen MR) is 110 cm³/mol. The Hall–Kier alpha value is -2.75. The van der Waals surface area contributed by atoms with E-state index in [1.807, 2.05) is 16.8 Å². The second-order valence-corrected chi connectivity index (χ2v) is 7.84. The molecule has 4 rings (SSSR count). The van der Waals surface area contributed by atoms with Crippen LogP contribution in [0.4, 0.5) is 5.82 Å². The molecular weight excluding hydrogens is 372 g/mol. The van der Waals surface area contributed by atoms with Crippen molar-refractivity contribution < 1.29 is 14.9 Å². The van der Waals surface area contributed by atoms with E-state index in [0.717, 1.165) is 5.39 Å². The Balaban J connectivity index is 1.57. The molecule has 6 N–H and O–H groups in total. The lowest BCUT2D eigenvalue weighted by atomic mass is 9.80. The summed E-state index contributed by atoms with van der Waals surface area (Å²) in [6, 6.07) is 1.48. The van der Waals surface area contributed by atoms with Gasteiger partial charge >= 0.3 is 0 Å². The molecule has 154 valence electrons. The van der Waals surface area contributed by atoms with Gasteiger partial charge in [-0.25, -0.2) is 15.0 Å². The third-order valence-corrected chi connectivity index (χ3v) is 6.11. The maximum atomic E-state index is 10.9. The zero-order chi connectivity index (χ0) is 20.8. The van der Waals surface area contributed by atoms with Crippen molar-refractivity contribution in [1.82, 2.24) is 14.5 Å². The number of aromatic nitrogens is 3. The summed E-state index contributed by atoms with van der Waals surface area (Å²) in [5.41, 5.74) is 12.4. The van der Waals surface area contributed by atoms with Crippen LogP contribution in [0.25, 0.3) is 11.0 Å². The lowest BCUT2D eigenvalue weighted by Gasteiger charge is -2.26. The Morgan fingerprint density at radius 2 is 2.21 bits per heavy atom. The van der Waals surface area contributed by atoms with Crippen LogP contribution >= 0.6 is 0 Å². The third-order valence-electron chi connectivity index (χ3n) is 6.11. The zero-order valence-electron chi connectivity index (χ0n) is 16.3. The first kappa shape index (κ1) is 19.6. The van der Waals surface area contributed by atoms with Gasteiger partial charge in [-0.1, -0.05) is 6.58 Å². The summed E-state index contributed by atoms with van der Waals surface area (Å²) in [5.74, 6) is 0.785. The van der Waals surface area contributed by atoms with Crippen molar-refractivity contribution >= 4 is 23.1 Å². The maximum absolute atomic E-state index is 10.9. The monoisotopic (exact) mass is 398 g/mol. The molecule has 29 heavy (non-hydrogen) atoms. The van der Waals surface area contributed by atoms with Gasteiger partial charge in [0.05, 0.1) is 30.2 Å². The summed E-state index contributed by atoms with van der Waals surface area (Å²) in [4.78, 5) is 12.4. The minimum atomic E-state index is -0.954. The van der Waals surface area contributed by atoms with Crippen molar-refractivity contribution in [3.8, 4) is 0 Å². The normalized spacial score (nSPS) is 32.7. The van der Waals surface area contributed by atoms with Crippen LogP contribution in [0.15, 0.2) is 47.6 Å². The summed E-state index contributed by atoms with van der Waals surface area (Å²) >= 11 is 0. The highest BCUT2D eigenvalue weighted by Gasteiger charge is 2.57. The molecule has 1 saturated carbocycles. The van der Waals surface area contributed by atoms with Crippen LogP contribution in [0.3, 0.4) is 0 Å². The highest BCUT2D eigenvalue weighted by Crippen LogP contribution is 2.52. The molecule has 0 radical (unpaired) electrons. The van der Waals surface area contributed by atoms with Crippen molar-refractivity contribution in [2.75, 3.05) is 12.3 Å². The number of ether oxygens (including phenoxy) is 1. The fourth-order valence-electron chi connectivity index (χ4n) is 4.41. The van der Waals surface area contributed by atoms with Crippen LogP contribution in [0.5, 0.6) is 0 Å². The van der Waals surface area contributed by atoms with Crippen molar-refractivity contribution in [1.29, 1.82) is 0 Å². The van der Waals surface area contributed by atoms with Crippen LogP contribution in [-0.2, 0) is 4.74 Å². The summed E-state index contributed by atoms with van der Waals surface area (Å²) < 4.78 is 7.80. The molecule has 1 spiro atoms. The van der Waals surface area contributed by atoms with Crippen LogP contribution < -0.4 is 11.5 Å². The number of nitrogens with zero attached hydrogens (tertiary/aromatic N) is 4. The van der Waals surface area contributed by atoms with E-state index in [-0.39, 0.29) is 12.1 Å². The van der Waals surface area contributed by atoms with Gasteiger partial charge in [-0.2, -0.15) is 0 Å². The molecule has 0 amide bonds. The molecule has 0 bridgehead atoms. The molecule has 1 aliphatic heterocycles. The Morgan fingerprint density at radius 1 is 1.41 bits per heavy atom. The molecule has 2 fully saturated rings. The van der Waals surface area contributed by atoms with Gasteiger partial charge < -0.3 is 31.0 Å². The number of allylic oxidation sites excluding steroid dienone is 1. The van der Waals surface area contributed by atoms with E-state index in [4.69, 9.17) is 16.2 Å². The van der Waals surface area contributed by atoms with Crippen LogP contribution in [0.2, 0.25) is 0 Å². The second kappa shape index (κ2) is 7.25. The third kappa shape index (κ3) is 3.21. The molecule has 0 aromatic carbocycles. The van der Waals surface area contributed by atoms with E-state index in [1.54, 1.807) is 19.2 Å². The topological polar surface area (TPSA) is 145 Å². The van der Waals surface area contributed by atoms with Gasteiger partial charge in [0.2, 0.25) is 0 Å². The highest BCUT2D eigenvalue weighted by molar-refractivity contribution is 5.86. The number of rotatable bonds is 4. The average Bonchev–Trinajstić information content (AvgIpc) is 3.40. The highest BCUT2D eigenvalue weighted by atomic mass is 16.5. The smallest absolute Gasteiger partial charge is 0.145 e. The van der Waals surface area contributed by atoms with Crippen molar-refractivity contribution in [2.24, 2.45) is 16.1 Å². The van der Waals surface area contributed by atoms with Crippen LogP contribution in [-0.4, -0.2) is 55.9 Å². The molecule has 1 saturated heterocycles. The number of hydrogen-bond acceptors (Lipinski definition) is 8. The van der Waals surface area contributed by atoms with Gasteiger partial charge in [0, 0.05) is 17.8 Å². The molecule has 2 aliphatic rings. The number of anilines is 1. The molecule has 2 aromatic heterocycles. The Morgan fingerprint density at radius 3 is 2.97 bits per heavy atom. The van der Waals surface area contributed by atoms with E-state index < -0.39 is 17.6 Å². The quantitative estimate of drug-likeness (QED) is 0.560. The number of nitrogen functional groups attached to an aromatic ring is 1. The molecule has 9 heteroatoms. The molecular formula is C20H26N6O3. The molecule has 9 nitrogen and oxygen atoms in total. The van der Waals surface area contributed by atoms with E-state index in [9.17, 15) is 10.2 Å². The largest absolute Gasteiger partial charge is 0.390 e. The molecule has 3 heterocycles. The van der Waals surface area contributed by atoms with Gasteiger partial charge in [-0.15, -0.1) is 0 Å². The lowest BCUT2D eigenvalue weighted by molar-refractivity contribution is -0.0306. The number of aliphatic imine (C=N–C) groups is 1. The summed E-state index contributed by atoms with van der Waals surface area (Å²) in [6.45, 7) is 6.15. The van der Waals surface area contributed by atoms with Crippen molar-refractivity contribution in [2.45, 2.75) is 44.1 Å². The lowest BCUT2D eigenvalue weighted by Crippen LogP contribution is -2.37. The van der Waals surface area contributed by atoms with Crippen LogP contribution in [0.1, 0.15) is 25.8 Å². The molecule has 5 atom stereocenters. The number of aliphatic hydroxyl groups is 2. The number of fused-ring (bicyclic) bond motifs is 1. The standard InChI is InChI=1S/C20H26N6O3/c1-3-15(21)23-8-11(2)14-7-20(9-29-14)6-13(16(27)17(20)28)26-5-4-12-18(22)24-10-25-19(12)26/h3-5,8,10,13-14,16-17,27-28H,2,6-7,9,21H2,1H3,(H2,22,24,25)/b15-3-,23-8-/t13-,14-,16+,17+,20-/m1/s1. The van der Waals surface area contributed by atoms with Crippen molar-refractivity contribution in [3.63, 3.8) is 0 Å². The average molecular weight is 398 g/mol. The summed E-state index contributed by atoms with van der Waals surface area (Å²) in [6.07, 6.45) is 5.42. The number of nitrogens with two attached hydrogens (primary N) is 2.